The molecule has 190 valence electrons. The standard InChI is InChI=1S/C26H39NO7/c1-18(28)27(15-11-6-4-2-3-5-10-14-20-16-31-20)22-23(29)24-21(33-25(22)30)17-32-26(34-24)19-12-8-7-9-13-19/h7-9,12-13,20-26,29-30H,2-6,10-11,14-17H2,1H3/t20?,21-,22-,23-,24-,25-,26?/m1/s1. The fourth-order valence-electron chi connectivity index (χ4n) is 5.00. The van der Waals surface area contributed by atoms with Crippen LogP contribution in [0, 0.1) is 0 Å². The molecule has 34 heavy (non-hydrogen) atoms. The fraction of sp³-hybridized carbons (Fsp3) is 0.731. The highest BCUT2D eigenvalue weighted by molar-refractivity contribution is 5.73. The molecule has 3 aliphatic rings. The van der Waals surface area contributed by atoms with Crippen LogP contribution < -0.4 is 0 Å². The molecule has 4 rings (SSSR count). The number of carbonyl (C=O) groups excluding carboxylic acids is 1. The molecule has 8 heteroatoms. The van der Waals surface area contributed by atoms with E-state index in [1.54, 1.807) is 0 Å². The number of fused-ring (bicyclic) bond motifs is 1. The Labute approximate surface area is 202 Å². The highest BCUT2D eigenvalue weighted by atomic mass is 16.7. The average molecular weight is 478 g/mol. The van der Waals surface area contributed by atoms with Crippen molar-refractivity contribution in [3.63, 3.8) is 0 Å². The Morgan fingerprint density at radius 1 is 0.941 bits per heavy atom. The molecule has 3 saturated heterocycles. The fourth-order valence-corrected chi connectivity index (χ4v) is 5.00. The van der Waals surface area contributed by atoms with Gasteiger partial charge in [0.15, 0.2) is 12.6 Å². The zero-order chi connectivity index (χ0) is 23.9. The van der Waals surface area contributed by atoms with Crippen molar-refractivity contribution in [2.75, 3.05) is 19.8 Å². The van der Waals surface area contributed by atoms with E-state index in [0.717, 1.165) is 31.4 Å². The van der Waals surface area contributed by atoms with Gasteiger partial charge in [0.05, 0.1) is 19.3 Å². The maximum atomic E-state index is 12.5. The van der Waals surface area contributed by atoms with Crippen LogP contribution in [0.2, 0.25) is 0 Å². The Kier molecular flexibility index (Phi) is 9.33. The first kappa shape index (κ1) is 25.5. The number of rotatable bonds is 12. The van der Waals surface area contributed by atoms with Crippen LogP contribution in [-0.2, 0) is 23.7 Å². The number of carbonyl (C=O) groups is 1. The molecule has 1 aromatic carbocycles. The van der Waals surface area contributed by atoms with Crippen LogP contribution in [-0.4, -0.2) is 77.5 Å². The van der Waals surface area contributed by atoms with E-state index < -0.39 is 36.9 Å². The minimum Gasteiger partial charge on any atom is -0.388 e. The molecule has 8 nitrogen and oxygen atoms in total. The first-order valence-electron chi connectivity index (χ1n) is 12.8. The normalized spacial score (nSPS) is 32.7. The Bertz CT molecular complexity index is 759. The summed E-state index contributed by atoms with van der Waals surface area (Å²) >= 11 is 0. The third kappa shape index (κ3) is 6.77. The maximum Gasteiger partial charge on any atom is 0.219 e. The Morgan fingerprint density at radius 2 is 1.62 bits per heavy atom. The summed E-state index contributed by atoms with van der Waals surface area (Å²) < 4.78 is 22.8. The molecule has 2 N–H and O–H groups in total. The molecule has 1 aromatic rings. The van der Waals surface area contributed by atoms with Crippen LogP contribution >= 0.6 is 0 Å². The predicted octanol–water partition coefficient (Wildman–Crippen LogP) is 2.92. The number of unbranched alkanes of at least 4 members (excludes halogenated alkanes) is 6. The quantitative estimate of drug-likeness (QED) is 0.353. The van der Waals surface area contributed by atoms with Crippen molar-refractivity contribution in [2.24, 2.45) is 0 Å². The second kappa shape index (κ2) is 12.4. The zero-order valence-corrected chi connectivity index (χ0v) is 20.1. The van der Waals surface area contributed by atoms with Gasteiger partial charge in [0.2, 0.25) is 5.91 Å². The highest BCUT2D eigenvalue weighted by Gasteiger charge is 2.51. The molecule has 1 amide bonds. The Morgan fingerprint density at radius 3 is 2.29 bits per heavy atom. The topological polar surface area (TPSA) is 101 Å². The summed E-state index contributed by atoms with van der Waals surface area (Å²) in [6, 6.07) is 8.63. The second-order valence-corrected chi connectivity index (χ2v) is 9.65. The van der Waals surface area contributed by atoms with Gasteiger partial charge in [-0.1, -0.05) is 68.9 Å². The van der Waals surface area contributed by atoms with Gasteiger partial charge in [-0.05, 0) is 12.8 Å². The monoisotopic (exact) mass is 477 g/mol. The van der Waals surface area contributed by atoms with Crippen molar-refractivity contribution in [1.29, 1.82) is 0 Å². The lowest BCUT2D eigenvalue weighted by Gasteiger charge is -2.49. The number of aliphatic hydroxyl groups excluding tert-OH is 2. The Balaban J connectivity index is 1.25. The smallest absolute Gasteiger partial charge is 0.219 e. The van der Waals surface area contributed by atoms with Crippen molar-refractivity contribution in [1.82, 2.24) is 4.90 Å². The molecular formula is C26H39NO7. The number of aliphatic hydroxyl groups is 2. The summed E-state index contributed by atoms with van der Waals surface area (Å²) in [5.74, 6) is -0.195. The van der Waals surface area contributed by atoms with E-state index in [9.17, 15) is 15.0 Å². The highest BCUT2D eigenvalue weighted by Crippen LogP contribution is 2.35. The van der Waals surface area contributed by atoms with Crippen LogP contribution in [0.4, 0.5) is 0 Å². The summed E-state index contributed by atoms with van der Waals surface area (Å²) in [6.45, 7) is 3.06. The van der Waals surface area contributed by atoms with Gasteiger partial charge in [-0.25, -0.2) is 0 Å². The van der Waals surface area contributed by atoms with Crippen LogP contribution in [0.3, 0.4) is 0 Å². The van der Waals surface area contributed by atoms with Crippen molar-refractivity contribution >= 4 is 5.91 Å². The Hall–Kier alpha value is -1.55. The number of epoxide rings is 1. The number of nitrogens with zero attached hydrogens (tertiary/aromatic N) is 1. The molecular weight excluding hydrogens is 438 g/mol. The third-order valence-corrected chi connectivity index (χ3v) is 7.02. The minimum atomic E-state index is -1.30. The van der Waals surface area contributed by atoms with Gasteiger partial charge in [0.25, 0.3) is 0 Å². The summed E-state index contributed by atoms with van der Waals surface area (Å²) in [4.78, 5) is 14.0. The summed E-state index contributed by atoms with van der Waals surface area (Å²) in [6.07, 6.45) is 5.23. The van der Waals surface area contributed by atoms with Crippen molar-refractivity contribution < 1.29 is 34.0 Å². The van der Waals surface area contributed by atoms with E-state index >= 15 is 0 Å². The van der Waals surface area contributed by atoms with Crippen LogP contribution in [0.1, 0.15) is 70.1 Å². The average Bonchev–Trinajstić information content (AvgIpc) is 3.66. The number of amides is 1. The molecule has 0 bridgehead atoms. The third-order valence-electron chi connectivity index (χ3n) is 7.02. The van der Waals surface area contributed by atoms with Crippen LogP contribution in [0.25, 0.3) is 0 Å². The number of benzene rings is 1. The van der Waals surface area contributed by atoms with Gasteiger partial charge < -0.3 is 34.1 Å². The molecule has 0 aliphatic carbocycles. The van der Waals surface area contributed by atoms with Gasteiger partial charge in [-0.2, -0.15) is 0 Å². The van der Waals surface area contributed by atoms with Crippen LogP contribution in [0.15, 0.2) is 30.3 Å². The molecule has 2 unspecified atom stereocenters. The molecule has 3 heterocycles. The molecule has 3 aliphatic heterocycles. The first-order chi connectivity index (χ1) is 16.5. The minimum absolute atomic E-state index is 0.193. The van der Waals surface area contributed by atoms with E-state index in [0.29, 0.717) is 12.6 Å². The zero-order valence-electron chi connectivity index (χ0n) is 20.1. The van der Waals surface area contributed by atoms with Gasteiger partial charge in [0.1, 0.15) is 24.4 Å². The van der Waals surface area contributed by atoms with Gasteiger partial charge in [-0.15, -0.1) is 0 Å². The SMILES string of the molecule is CC(=O)N(CCCCCCCCCC1CO1)[C@@H]1[C@@H](O)[C@@H]2OC(c3ccccc3)OC[C@H]2O[C@H]1O. The molecule has 0 aromatic heterocycles. The van der Waals surface area contributed by atoms with Crippen molar-refractivity contribution in [2.45, 2.75) is 101 Å². The molecule has 0 spiro atoms. The van der Waals surface area contributed by atoms with E-state index in [2.05, 4.69) is 0 Å². The predicted molar refractivity (Wildman–Crippen MR) is 125 cm³/mol. The summed E-state index contributed by atoms with van der Waals surface area (Å²) in [7, 11) is 0. The number of hydrogen-bond donors (Lipinski definition) is 2. The second-order valence-electron chi connectivity index (χ2n) is 9.65. The van der Waals surface area contributed by atoms with E-state index in [1.807, 2.05) is 30.3 Å². The molecule has 0 saturated carbocycles. The molecule has 7 atom stereocenters. The van der Waals surface area contributed by atoms with Crippen molar-refractivity contribution in [3.05, 3.63) is 35.9 Å². The maximum absolute atomic E-state index is 12.5. The lowest BCUT2D eigenvalue weighted by atomic mass is 9.94. The van der Waals surface area contributed by atoms with Gasteiger partial charge in [-0.3, -0.25) is 4.79 Å². The lowest BCUT2D eigenvalue weighted by Crippen LogP contribution is -2.67. The number of hydrogen-bond acceptors (Lipinski definition) is 7. The lowest BCUT2D eigenvalue weighted by molar-refractivity contribution is -0.345. The summed E-state index contributed by atoms with van der Waals surface area (Å²) in [5.41, 5.74) is 0.847. The van der Waals surface area contributed by atoms with E-state index in [4.69, 9.17) is 18.9 Å². The van der Waals surface area contributed by atoms with E-state index in [-0.39, 0.29) is 12.5 Å². The van der Waals surface area contributed by atoms with Gasteiger partial charge in [0, 0.05) is 19.0 Å². The molecule has 3 fully saturated rings. The number of ether oxygens (including phenoxy) is 4. The largest absolute Gasteiger partial charge is 0.388 e. The van der Waals surface area contributed by atoms with Gasteiger partial charge >= 0.3 is 0 Å². The molecule has 0 radical (unpaired) electrons. The summed E-state index contributed by atoms with van der Waals surface area (Å²) in [5, 5.41) is 21.8. The van der Waals surface area contributed by atoms with E-state index in [1.165, 1.54) is 43.9 Å². The first-order valence-corrected chi connectivity index (χ1v) is 12.8. The van der Waals surface area contributed by atoms with Crippen LogP contribution in [0.5, 0.6) is 0 Å². The van der Waals surface area contributed by atoms with Crippen molar-refractivity contribution in [3.8, 4) is 0 Å².